The van der Waals surface area contributed by atoms with Gasteiger partial charge in [-0.2, -0.15) is 0 Å². The molecule has 0 amide bonds. The van der Waals surface area contributed by atoms with Gasteiger partial charge in [0, 0.05) is 25.2 Å². The molecule has 2 unspecified atom stereocenters. The first-order valence-corrected chi connectivity index (χ1v) is 9.36. The zero-order chi connectivity index (χ0) is 16.2. The minimum atomic E-state index is 0.184. The van der Waals surface area contributed by atoms with Crippen molar-refractivity contribution in [3.8, 4) is 0 Å². The van der Waals surface area contributed by atoms with E-state index < -0.39 is 0 Å². The van der Waals surface area contributed by atoms with Gasteiger partial charge in [-0.05, 0) is 56.9 Å². The Bertz CT molecular complexity index is 531. The monoisotopic (exact) mass is 332 g/mol. The van der Waals surface area contributed by atoms with Gasteiger partial charge in [0.25, 0.3) is 0 Å². The van der Waals surface area contributed by atoms with E-state index in [0.29, 0.717) is 11.2 Å². The van der Waals surface area contributed by atoms with Gasteiger partial charge in [0.1, 0.15) is 0 Å². The molecule has 2 aliphatic rings. The maximum absolute atomic E-state index is 5.75. The van der Waals surface area contributed by atoms with Crippen molar-refractivity contribution >= 4 is 17.3 Å². The molecule has 0 saturated carbocycles. The van der Waals surface area contributed by atoms with Crippen LogP contribution in [0.1, 0.15) is 50.7 Å². The van der Waals surface area contributed by atoms with E-state index in [9.17, 15) is 0 Å². The molecule has 2 saturated heterocycles. The molecule has 4 heteroatoms. The van der Waals surface area contributed by atoms with E-state index >= 15 is 0 Å². The summed E-state index contributed by atoms with van der Waals surface area (Å²) in [4.78, 5) is 5.28. The second kappa shape index (κ2) is 7.73. The van der Waals surface area contributed by atoms with Gasteiger partial charge < -0.3 is 4.74 Å². The predicted molar refractivity (Wildman–Crippen MR) is 98.6 cm³/mol. The summed E-state index contributed by atoms with van der Waals surface area (Å²) in [6, 6.07) is 8.62. The van der Waals surface area contributed by atoms with Crippen molar-refractivity contribution in [3.05, 3.63) is 35.4 Å². The lowest BCUT2D eigenvalue weighted by molar-refractivity contribution is 0.0287. The number of fused-ring (bicyclic) bond motifs is 1. The van der Waals surface area contributed by atoms with Gasteiger partial charge >= 0.3 is 0 Å². The van der Waals surface area contributed by atoms with E-state index in [1.54, 1.807) is 0 Å². The highest BCUT2D eigenvalue weighted by Crippen LogP contribution is 2.26. The molecule has 0 spiro atoms. The highest BCUT2D eigenvalue weighted by atomic mass is 32.1. The Morgan fingerprint density at radius 3 is 2.70 bits per heavy atom. The highest BCUT2D eigenvalue weighted by Gasteiger charge is 2.32. The van der Waals surface area contributed by atoms with Crippen LogP contribution in [0, 0.1) is 0 Å². The van der Waals surface area contributed by atoms with Crippen LogP contribution in [0.15, 0.2) is 24.3 Å². The van der Waals surface area contributed by atoms with Crippen LogP contribution < -0.4 is 0 Å². The summed E-state index contributed by atoms with van der Waals surface area (Å²) in [6.45, 7) is 8.99. The van der Waals surface area contributed by atoms with Gasteiger partial charge in [-0.3, -0.25) is 9.80 Å². The van der Waals surface area contributed by atoms with Crippen LogP contribution in [-0.2, 0) is 11.3 Å². The minimum Gasteiger partial charge on any atom is -0.480 e. The molecule has 2 fully saturated rings. The largest absolute Gasteiger partial charge is 0.480 e. The van der Waals surface area contributed by atoms with E-state index in [0.717, 1.165) is 18.5 Å². The topological polar surface area (TPSA) is 15.7 Å². The van der Waals surface area contributed by atoms with Gasteiger partial charge in [-0.15, -0.1) is 0 Å². The van der Waals surface area contributed by atoms with Gasteiger partial charge in [0.2, 0.25) is 0 Å². The smallest absolute Gasteiger partial charge is 0.191 e. The Morgan fingerprint density at radius 2 is 1.96 bits per heavy atom. The lowest BCUT2D eigenvalue weighted by Crippen LogP contribution is -2.49. The number of benzene rings is 1. The van der Waals surface area contributed by atoms with Gasteiger partial charge in [-0.25, -0.2) is 0 Å². The molecule has 2 aliphatic heterocycles. The van der Waals surface area contributed by atoms with Crippen LogP contribution >= 0.6 is 12.2 Å². The zero-order valence-electron chi connectivity index (χ0n) is 14.3. The first-order valence-electron chi connectivity index (χ1n) is 8.95. The molecule has 0 radical (unpaired) electrons. The fourth-order valence-electron chi connectivity index (χ4n) is 3.61. The second-order valence-corrected chi connectivity index (χ2v) is 7.17. The first-order chi connectivity index (χ1) is 11.2. The molecule has 3 rings (SSSR count). The predicted octanol–water partition coefficient (Wildman–Crippen LogP) is 3.80. The zero-order valence-corrected chi connectivity index (χ0v) is 15.1. The first kappa shape index (κ1) is 16.9. The van der Waals surface area contributed by atoms with Gasteiger partial charge in [0.15, 0.2) is 5.05 Å². The summed E-state index contributed by atoms with van der Waals surface area (Å²) in [5.74, 6) is 0. The lowest BCUT2D eigenvalue weighted by Gasteiger charge is -2.40. The molecule has 0 aromatic heterocycles. The quantitative estimate of drug-likeness (QED) is 0.762. The van der Waals surface area contributed by atoms with Crippen molar-refractivity contribution in [2.24, 2.45) is 0 Å². The molecule has 23 heavy (non-hydrogen) atoms. The van der Waals surface area contributed by atoms with Crippen LogP contribution in [0.4, 0.5) is 0 Å². The number of ether oxygens (including phenoxy) is 1. The molecule has 2 atom stereocenters. The van der Waals surface area contributed by atoms with Crippen LogP contribution in [0.2, 0.25) is 0 Å². The number of nitrogens with zero attached hydrogens (tertiary/aromatic N) is 2. The normalized spacial score (nSPS) is 23.5. The molecular weight excluding hydrogens is 304 g/mol. The summed E-state index contributed by atoms with van der Waals surface area (Å²) < 4.78 is 5.75. The van der Waals surface area contributed by atoms with Crippen molar-refractivity contribution in [1.82, 2.24) is 9.80 Å². The molecule has 0 N–H and O–H groups in total. The average molecular weight is 333 g/mol. The van der Waals surface area contributed by atoms with E-state index in [1.807, 2.05) is 0 Å². The maximum atomic E-state index is 5.75. The Kier molecular flexibility index (Phi) is 5.67. The highest BCUT2D eigenvalue weighted by molar-refractivity contribution is 7.80. The van der Waals surface area contributed by atoms with E-state index in [-0.39, 0.29) is 6.10 Å². The Hall–Kier alpha value is -0.970. The van der Waals surface area contributed by atoms with Gasteiger partial charge in [0.05, 0.1) is 12.3 Å². The summed E-state index contributed by atoms with van der Waals surface area (Å²) in [5.41, 5.74) is 2.39. The van der Waals surface area contributed by atoms with Crippen LogP contribution in [0.5, 0.6) is 0 Å². The Morgan fingerprint density at radius 1 is 1.22 bits per heavy atom. The summed E-state index contributed by atoms with van der Waals surface area (Å²) in [6.07, 6.45) is 5.79. The molecule has 2 heterocycles. The number of hydrogen-bond donors (Lipinski definition) is 0. The van der Waals surface area contributed by atoms with Gasteiger partial charge in [-0.1, -0.05) is 31.2 Å². The van der Waals surface area contributed by atoms with Crippen LogP contribution in [-0.4, -0.2) is 46.8 Å². The van der Waals surface area contributed by atoms with Crippen LogP contribution in [0.3, 0.4) is 0 Å². The molecular formula is C19H28N2OS. The summed E-state index contributed by atoms with van der Waals surface area (Å²) in [5, 5.41) is 0.617. The van der Waals surface area contributed by atoms with E-state index in [1.165, 1.54) is 44.5 Å². The van der Waals surface area contributed by atoms with Crippen LogP contribution in [0.25, 0.3) is 0 Å². The number of rotatable bonds is 5. The number of hydrogen-bond acceptors (Lipinski definition) is 4. The SMILES string of the molecule is CCC(C)OC(=S)c1ccc(CN2CCCN3CCCC32)cc1. The molecule has 3 nitrogen and oxygen atoms in total. The third-order valence-corrected chi connectivity index (χ3v) is 5.43. The fourth-order valence-corrected chi connectivity index (χ4v) is 3.91. The molecule has 0 bridgehead atoms. The van der Waals surface area contributed by atoms with E-state index in [4.69, 9.17) is 17.0 Å². The standard InChI is InChI=1S/C19H28N2OS/c1-3-15(2)22-19(23)17-9-7-16(8-10-17)14-21-13-5-12-20-11-4-6-18(20)21/h7-10,15,18H,3-6,11-14H2,1-2H3. The molecule has 0 aliphatic carbocycles. The number of thiocarbonyl (C=S) groups is 1. The third-order valence-electron chi connectivity index (χ3n) is 5.10. The molecule has 1 aromatic carbocycles. The average Bonchev–Trinajstić information content (AvgIpc) is 3.05. The lowest BCUT2D eigenvalue weighted by atomic mass is 10.1. The third kappa shape index (κ3) is 4.11. The molecule has 1 aromatic rings. The molecule has 126 valence electrons. The Labute approximate surface area is 145 Å². The Balaban J connectivity index is 1.60. The second-order valence-electron chi connectivity index (χ2n) is 6.80. The van der Waals surface area contributed by atoms with Crippen molar-refractivity contribution in [2.75, 3.05) is 19.6 Å². The van der Waals surface area contributed by atoms with E-state index in [2.05, 4.69) is 47.9 Å². The summed E-state index contributed by atoms with van der Waals surface area (Å²) in [7, 11) is 0. The van der Waals surface area contributed by atoms with Crippen molar-refractivity contribution in [3.63, 3.8) is 0 Å². The minimum absolute atomic E-state index is 0.184. The fraction of sp³-hybridized carbons (Fsp3) is 0.632. The summed E-state index contributed by atoms with van der Waals surface area (Å²) >= 11 is 5.39. The van der Waals surface area contributed by atoms with Crippen molar-refractivity contribution in [1.29, 1.82) is 0 Å². The van der Waals surface area contributed by atoms with Crippen molar-refractivity contribution < 1.29 is 4.74 Å². The van der Waals surface area contributed by atoms with Crippen molar-refractivity contribution in [2.45, 2.75) is 58.3 Å². The maximum Gasteiger partial charge on any atom is 0.191 e.